The molecule has 2 saturated carbocycles. The predicted molar refractivity (Wildman–Crippen MR) is 124 cm³/mol. The molecular formula is C26H33F2N3O3. The van der Waals surface area contributed by atoms with Gasteiger partial charge in [-0.15, -0.1) is 0 Å². The predicted octanol–water partition coefficient (Wildman–Crippen LogP) is 4.15. The van der Waals surface area contributed by atoms with Crippen molar-refractivity contribution in [2.45, 2.75) is 88.4 Å². The van der Waals surface area contributed by atoms with E-state index >= 15 is 0 Å². The summed E-state index contributed by atoms with van der Waals surface area (Å²) < 4.78 is 33.2. The van der Waals surface area contributed by atoms with Crippen LogP contribution in [0.3, 0.4) is 0 Å². The number of amides is 2. The lowest BCUT2D eigenvalue weighted by Gasteiger charge is -2.31. The lowest BCUT2D eigenvalue weighted by molar-refractivity contribution is -0.126. The number of hydrogen-bond donors (Lipinski definition) is 2. The van der Waals surface area contributed by atoms with Gasteiger partial charge < -0.3 is 20.3 Å². The van der Waals surface area contributed by atoms with Crippen molar-refractivity contribution in [2.24, 2.45) is 5.92 Å². The number of allylic oxidation sites excluding steroid dienone is 1. The lowest BCUT2D eigenvalue weighted by atomic mass is 9.86. The molecule has 1 saturated heterocycles. The quantitative estimate of drug-likeness (QED) is 0.651. The topological polar surface area (TPSA) is 70.7 Å². The standard InChI is InChI=1S/C26H33F2N3O3/c1-16-5-8-22(24(32)30-16)31-15-18-13-19(6-7-20(18)25(31)33)34-23-4-2-3-21(23)29-14-17-9-11-26(27,28)12-10-17/h6-7,13,17,21-23,29H,1-5,8-12,14-15H2,(H,30,32)/t21-,22?,23-/m0/s1. The fraction of sp³-hybridized carbons (Fsp3) is 0.615. The van der Waals surface area contributed by atoms with Gasteiger partial charge in [-0.25, -0.2) is 8.78 Å². The van der Waals surface area contributed by atoms with Crippen LogP contribution in [0.15, 0.2) is 30.5 Å². The van der Waals surface area contributed by atoms with Crippen LogP contribution in [0.4, 0.5) is 8.78 Å². The van der Waals surface area contributed by atoms with Gasteiger partial charge in [0.15, 0.2) is 0 Å². The minimum atomic E-state index is -2.49. The van der Waals surface area contributed by atoms with Crippen LogP contribution in [0.1, 0.15) is 73.7 Å². The van der Waals surface area contributed by atoms with Gasteiger partial charge in [0.2, 0.25) is 11.8 Å². The Hall–Kier alpha value is -2.48. The maximum Gasteiger partial charge on any atom is 0.255 e. The first-order chi connectivity index (χ1) is 16.3. The molecule has 4 aliphatic rings. The molecular weight excluding hydrogens is 440 g/mol. The summed E-state index contributed by atoms with van der Waals surface area (Å²) in [7, 11) is 0. The number of fused-ring (bicyclic) bond motifs is 1. The van der Waals surface area contributed by atoms with Gasteiger partial charge in [-0.1, -0.05) is 6.58 Å². The molecule has 2 aliphatic heterocycles. The summed E-state index contributed by atoms with van der Waals surface area (Å²) in [6, 6.07) is 5.28. The summed E-state index contributed by atoms with van der Waals surface area (Å²) in [4.78, 5) is 27.0. The SMILES string of the molecule is C=C1CCC(N2Cc3cc(O[C@H]4CCC[C@@H]4NCC4CCC(F)(F)CC4)ccc3C2=O)C(=O)N1. The number of ether oxygens (including phenoxy) is 1. The molecule has 0 spiro atoms. The fourth-order valence-corrected chi connectivity index (χ4v) is 5.80. The van der Waals surface area contributed by atoms with Crippen LogP contribution < -0.4 is 15.4 Å². The van der Waals surface area contributed by atoms with Gasteiger partial charge in [0, 0.05) is 36.7 Å². The third-order valence-electron chi connectivity index (χ3n) is 7.85. The number of hydrogen-bond acceptors (Lipinski definition) is 4. The molecule has 2 amide bonds. The minimum absolute atomic E-state index is 0.00786. The highest BCUT2D eigenvalue weighted by atomic mass is 19.3. The molecule has 1 unspecified atom stereocenters. The molecule has 0 bridgehead atoms. The summed E-state index contributed by atoms with van der Waals surface area (Å²) in [6.07, 6.45) is 5.41. The zero-order valence-electron chi connectivity index (χ0n) is 19.5. The highest BCUT2D eigenvalue weighted by molar-refractivity contribution is 6.01. The van der Waals surface area contributed by atoms with Crippen molar-refractivity contribution < 1.29 is 23.1 Å². The van der Waals surface area contributed by atoms with Gasteiger partial charge in [-0.05, 0) is 81.2 Å². The molecule has 0 aromatic heterocycles. The molecule has 1 aromatic rings. The third-order valence-corrected chi connectivity index (χ3v) is 7.85. The normalized spacial score (nSPS) is 29.3. The molecule has 3 atom stereocenters. The van der Waals surface area contributed by atoms with E-state index in [0.717, 1.165) is 37.1 Å². The van der Waals surface area contributed by atoms with Crippen molar-refractivity contribution in [3.63, 3.8) is 0 Å². The van der Waals surface area contributed by atoms with Crippen molar-refractivity contribution >= 4 is 11.8 Å². The van der Waals surface area contributed by atoms with E-state index in [4.69, 9.17) is 4.74 Å². The number of carbonyl (C=O) groups excluding carboxylic acids is 2. The van der Waals surface area contributed by atoms with Crippen LogP contribution in [-0.4, -0.2) is 47.4 Å². The van der Waals surface area contributed by atoms with Crippen LogP contribution in [0.5, 0.6) is 5.75 Å². The molecule has 34 heavy (non-hydrogen) atoms. The van der Waals surface area contributed by atoms with Crippen molar-refractivity contribution in [2.75, 3.05) is 6.54 Å². The first-order valence-electron chi connectivity index (χ1n) is 12.5. The molecule has 1 aromatic carbocycles. The number of nitrogens with one attached hydrogen (secondary N) is 2. The number of rotatable bonds is 6. The zero-order chi connectivity index (χ0) is 23.9. The van der Waals surface area contributed by atoms with Gasteiger partial charge in [0.25, 0.3) is 5.91 Å². The molecule has 6 nitrogen and oxygen atoms in total. The molecule has 5 rings (SSSR count). The largest absolute Gasteiger partial charge is 0.489 e. The summed E-state index contributed by atoms with van der Waals surface area (Å²) in [5.41, 5.74) is 2.20. The van der Waals surface area contributed by atoms with E-state index in [0.29, 0.717) is 49.4 Å². The number of halogens is 2. The second kappa shape index (κ2) is 9.29. The molecule has 2 heterocycles. The van der Waals surface area contributed by atoms with Crippen LogP contribution >= 0.6 is 0 Å². The smallest absolute Gasteiger partial charge is 0.255 e. The Kier molecular flexibility index (Phi) is 6.35. The monoisotopic (exact) mass is 473 g/mol. The number of nitrogens with zero attached hydrogens (tertiary/aromatic N) is 1. The Labute approximate surface area is 199 Å². The van der Waals surface area contributed by atoms with Crippen LogP contribution in [0, 0.1) is 5.92 Å². The van der Waals surface area contributed by atoms with Crippen molar-refractivity contribution in [1.82, 2.24) is 15.5 Å². The van der Waals surface area contributed by atoms with Crippen molar-refractivity contribution in [1.29, 1.82) is 0 Å². The van der Waals surface area contributed by atoms with Gasteiger partial charge in [-0.2, -0.15) is 0 Å². The minimum Gasteiger partial charge on any atom is -0.489 e. The third kappa shape index (κ3) is 4.83. The van der Waals surface area contributed by atoms with E-state index < -0.39 is 12.0 Å². The molecule has 8 heteroatoms. The first-order valence-corrected chi connectivity index (χ1v) is 12.5. The Bertz CT molecular complexity index is 972. The van der Waals surface area contributed by atoms with E-state index in [-0.39, 0.29) is 36.8 Å². The fourth-order valence-electron chi connectivity index (χ4n) is 5.80. The maximum absolute atomic E-state index is 13.4. The van der Waals surface area contributed by atoms with E-state index in [2.05, 4.69) is 17.2 Å². The zero-order valence-corrected chi connectivity index (χ0v) is 19.5. The molecule has 2 aliphatic carbocycles. The van der Waals surface area contributed by atoms with Crippen molar-refractivity contribution in [3.05, 3.63) is 41.6 Å². The Balaban J connectivity index is 1.18. The van der Waals surface area contributed by atoms with E-state index in [1.807, 2.05) is 12.1 Å². The van der Waals surface area contributed by atoms with Crippen molar-refractivity contribution in [3.8, 4) is 5.75 Å². The van der Waals surface area contributed by atoms with Gasteiger partial charge in [0.05, 0.1) is 0 Å². The summed E-state index contributed by atoms with van der Waals surface area (Å²) >= 11 is 0. The number of alkyl halides is 2. The molecule has 3 fully saturated rings. The molecule has 0 radical (unpaired) electrons. The molecule has 184 valence electrons. The average molecular weight is 474 g/mol. The summed E-state index contributed by atoms with van der Waals surface area (Å²) in [6.45, 7) is 4.96. The number of benzene rings is 1. The van der Waals surface area contributed by atoms with Crippen LogP contribution in [0.2, 0.25) is 0 Å². The second-order valence-electron chi connectivity index (χ2n) is 10.3. The second-order valence-corrected chi connectivity index (χ2v) is 10.3. The highest BCUT2D eigenvalue weighted by Gasteiger charge is 2.39. The highest BCUT2D eigenvalue weighted by Crippen LogP contribution is 2.36. The molecule has 2 N–H and O–H groups in total. The lowest BCUT2D eigenvalue weighted by Crippen LogP contribution is -2.49. The first kappa shape index (κ1) is 23.3. The average Bonchev–Trinajstić information content (AvgIpc) is 3.37. The Morgan fingerprint density at radius 2 is 1.94 bits per heavy atom. The maximum atomic E-state index is 13.4. The van der Waals surface area contributed by atoms with E-state index in [1.54, 1.807) is 11.0 Å². The van der Waals surface area contributed by atoms with E-state index in [9.17, 15) is 18.4 Å². The summed E-state index contributed by atoms with van der Waals surface area (Å²) in [5.74, 6) is -1.75. The van der Waals surface area contributed by atoms with E-state index in [1.165, 1.54) is 0 Å². The Morgan fingerprint density at radius 3 is 2.71 bits per heavy atom. The van der Waals surface area contributed by atoms with Crippen LogP contribution in [0.25, 0.3) is 0 Å². The summed E-state index contributed by atoms with van der Waals surface area (Å²) in [5, 5.41) is 6.34. The number of piperidine rings is 1. The van der Waals surface area contributed by atoms with Gasteiger partial charge in [-0.3, -0.25) is 9.59 Å². The number of carbonyl (C=O) groups is 2. The van der Waals surface area contributed by atoms with Crippen LogP contribution in [-0.2, 0) is 11.3 Å². The van der Waals surface area contributed by atoms with Gasteiger partial charge in [0.1, 0.15) is 17.9 Å². The van der Waals surface area contributed by atoms with Gasteiger partial charge >= 0.3 is 0 Å². The Morgan fingerprint density at radius 1 is 1.15 bits per heavy atom.